The Kier molecular flexibility index (Phi) is 2.64. The maximum absolute atomic E-state index is 4.94. The molecular weight excluding hydrogens is 164 g/mol. The summed E-state index contributed by atoms with van der Waals surface area (Å²) >= 11 is 0. The molecule has 0 amide bonds. The van der Waals surface area contributed by atoms with Gasteiger partial charge in [-0.3, -0.25) is 4.90 Å². The first kappa shape index (κ1) is 8.75. The summed E-state index contributed by atoms with van der Waals surface area (Å²) < 4.78 is 4.94. The van der Waals surface area contributed by atoms with Crippen LogP contribution in [0.25, 0.3) is 0 Å². The molecule has 1 aliphatic carbocycles. The second-order valence-electron chi connectivity index (χ2n) is 3.83. The van der Waals surface area contributed by atoms with Crippen molar-refractivity contribution >= 4 is 0 Å². The Balaban J connectivity index is 1.87. The normalized spacial score (nSPS) is 18.6. The van der Waals surface area contributed by atoms with Crippen LogP contribution in [0.4, 0.5) is 0 Å². The van der Waals surface area contributed by atoms with Crippen molar-refractivity contribution in [3.05, 3.63) is 18.4 Å². The third kappa shape index (κ3) is 2.10. The summed E-state index contributed by atoms with van der Waals surface area (Å²) in [7, 11) is 2.17. The van der Waals surface area contributed by atoms with Crippen LogP contribution in [0.3, 0.4) is 0 Å². The largest absolute Gasteiger partial charge is 0.451 e. The van der Waals surface area contributed by atoms with Crippen LogP contribution >= 0.6 is 0 Å². The number of hydrogen-bond donors (Lipinski definition) is 0. The predicted molar refractivity (Wildman–Crippen MR) is 50.2 cm³/mol. The van der Waals surface area contributed by atoms with E-state index >= 15 is 0 Å². The molecule has 1 fully saturated rings. The smallest absolute Gasteiger partial charge is 0.180 e. The minimum absolute atomic E-state index is 0.761. The van der Waals surface area contributed by atoms with Crippen LogP contribution < -0.4 is 0 Å². The van der Waals surface area contributed by atoms with Gasteiger partial charge in [-0.2, -0.15) is 0 Å². The molecule has 1 heterocycles. The van der Waals surface area contributed by atoms with Crippen LogP contribution in [0.1, 0.15) is 31.4 Å². The Hall–Kier alpha value is -0.830. The molecule has 2 rings (SSSR count). The first-order chi connectivity index (χ1) is 6.36. The Labute approximate surface area is 78.8 Å². The molecule has 13 heavy (non-hydrogen) atoms. The van der Waals surface area contributed by atoms with Gasteiger partial charge in [0, 0.05) is 12.6 Å². The summed E-state index contributed by atoms with van der Waals surface area (Å²) in [6.07, 6.45) is 8.67. The van der Waals surface area contributed by atoms with E-state index in [9.17, 15) is 0 Å². The highest BCUT2D eigenvalue weighted by molar-refractivity contribution is 4.91. The summed E-state index contributed by atoms with van der Waals surface area (Å²) in [5.41, 5.74) is 1.04. The van der Waals surface area contributed by atoms with Gasteiger partial charge in [0.25, 0.3) is 0 Å². The lowest BCUT2D eigenvalue weighted by Crippen LogP contribution is -2.28. The molecule has 0 aliphatic heterocycles. The van der Waals surface area contributed by atoms with Crippen molar-refractivity contribution < 1.29 is 4.42 Å². The third-order valence-corrected chi connectivity index (χ3v) is 2.84. The summed E-state index contributed by atoms with van der Waals surface area (Å²) in [6.45, 7) is 0.918. The highest BCUT2D eigenvalue weighted by atomic mass is 16.3. The van der Waals surface area contributed by atoms with Crippen LogP contribution in [0.5, 0.6) is 0 Å². The molecule has 0 atom stereocenters. The van der Waals surface area contributed by atoms with E-state index in [0.29, 0.717) is 0 Å². The SMILES string of the molecule is CN(Cc1cocn1)C1CCCC1. The molecule has 1 aromatic heterocycles. The number of hydrogen-bond acceptors (Lipinski definition) is 3. The van der Waals surface area contributed by atoms with Crippen molar-refractivity contribution in [1.29, 1.82) is 0 Å². The molecule has 0 saturated heterocycles. The minimum Gasteiger partial charge on any atom is -0.451 e. The van der Waals surface area contributed by atoms with Crippen LogP contribution in [-0.2, 0) is 6.54 Å². The predicted octanol–water partition coefficient (Wildman–Crippen LogP) is 2.05. The molecule has 1 aliphatic rings. The number of nitrogens with zero attached hydrogens (tertiary/aromatic N) is 2. The molecule has 3 nitrogen and oxygen atoms in total. The molecule has 0 bridgehead atoms. The van der Waals surface area contributed by atoms with E-state index in [-0.39, 0.29) is 0 Å². The number of rotatable bonds is 3. The van der Waals surface area contributed by atoms with E-state index in [1.54, 1.807) is 6.26 Å². The average Bonchev–Trinajstić information content (AvgIpc) is 2.74. The van der Waals surface area contributed by atoms with Crippen molar-refractivity contribution in [3.8, 4) is 0 Å². The van der Waals surface area contributed by atoms with Crippen LogP contribution in [-0.4, -0.2) is 23.0 Å². The zero-order chi connectivity index (χ0) is 9.10. The van der Waals surface area contributed by atoms with Crippen molar-refractivity contribution in [3.63, 3.8) is 0 Å². The van der Waals surface area contributed by atoms with E-state index in [4.69, 9.17) is 4.42 Å². The van der Waals surface area contributed by atoms with Crippen LogP contribution in [0.15, 0.2) is 17.1 Å². The van der Waals surface area contributed by atoms with Crippen LogP contribution in [0.2, 0.25) is 0 Å². The maximum Gasteiger partial charge on any atom is 0.180 e. The Morgan fingerprint density at radius 2 is 2.31 bits per heavy atom. The molecule has 1 saturated carbocycles. The van der Waals surface area contributed by atoms with Gasteiger partial charge in [0.05, 0.1) is 5.69 Å². The van der Waals surface area contributed by atoms with Gasteiger partial charge < -0.3 is 4.42 Å². The van der Waals surface area contributed by atoms with Crippen molar-refractivity contribution in [2.45, 2.75) is 38.3 Å². The molecule has 1 aromatic rings. The lowest BCUT2D eigenvalue weighted by molar-refractivity contribution is 0.234. The van der Waals surface area contributed by atoms with E-state index in [1.807, 2.05) is 0 Å². The molecule has 0 N–H and O–H groups in total. The Bertz CT molecular complexity index is 239. The summed E-state index contributed by atoms with van der Waals surface area (Å²) in [5, 5.41) is 0. The number of aromatic nitrogens is 1. The molecule has 0 spiro atoms. The molecular formula is C10H16N2O. The second-order valence-corrected chi connectivity index (χ2v) is 3.83. The lowest BCUT2D eigenvalue weighted by Gasteiger charge is -2.22. The highest BCUT2D eigenvalue weighted by Gasteiger charge is 2.19. The van der Waals surface area contributed by atoms with Crippen molar-refractivity contribution in [1.82, 2.24) is 9.88 Å². The maximum atomic E-state index is 4.94. The fraction of sp³-hybridized carbons (Fsp3) is 0.700. The zero-order valence-electron chi connectivity index (χ0n) is 8.07. The molecule has 72 valence electrons. The second kappa shape index (κ2) is 3.92. The Morgan fingerprint density at radius 3 is 2.92 bits per heavy atom. The molecule has 0 radical (unpaired) electrons. The lowest BCUT2D eigenvalue weighted by atomic mass is 10.2. The fourth-order valence-electron chi connectivity index (χ4n) is 2.05. The van der Waals surface area contributed by atoms with Gasteiger partial charge in [0.2, 0.25) is 0 Å². The fourth-order valence-corrected chi connectivity index (χ4v) is 2.05. The standard InChI is InChI=1S/C10H16N2O/c1-12(10-4-2-3-5-10)6-9-7-13-8-11-9/h7-8,10H,2-6H2,1H3. The van der Waals surface area contributed by atoms with Gasteiger partial charge >= 0.3 is 0 Å². The topological polar surface area (TPSA) is 29.3 Å². The number of oxazole rings is 1. The monoisotopic (exact) mass is 180 g/mol. The van der Waals surface area contributed by atoms with E-state index in [1.165, 1.54) is 32.1 Å². The summed E-state index contributed by atoms with van der Waals surface area (Å²) in [4.78, 5) is 6.50. The first-order valence-electron chi connectivity index (χ1n) is 4.93. The quantitative estimate of drug-likeness (QED) is 0.713. The zero-order valence-corrected chi connectivity index (χ0v) is 8.07. The van der Waals surface area contributed by atoms with Crippen LogP contribution in [0, 0.1) is 0 Å². The first-order valence-corrected chi connectivity index (χ1v) is 4.93. The van der Waals surface area contributed by atoms with Gasteiger partial charge in [0.1, 0.15) is 6.26 Å². The van der Waals surface area contributed by atoms with Gasteiger partial charge in [-0.05, 0) is 19.9 Å². The van der Waals surface area contributed by atoms with Gasteiger partial charge in [0.15, 0.2) is 6.39 Å². The molecule has 0 unspecified atom stereocenters. The van der Waals surface area contributed by atoms with Gasteiger partial charge in [-0.15, -0.1) is 0 Å². The minimum atomic E-state index is 0.761. The third-order valence-electron chi connectivity index (χ3n) is 2.84. The highest BCUT2D eigenvalue weighted by Crippen LogP contribution is 2.23. The summed E-state index contributed by atoms with van der Waals surface area (Å²) in [5.74, 6) is 0. The van der Waals surface area contributed by atoms with Gasteiger partial charge in [-0.25, -0.2) is 4.98 Å². The molecule has 0 aromatic carbocycles. The van der Waals surface area contributed by atoms with E-state index < -0.39 is 0 Å². The van der Waals surface area contributed by atoms with Crippen molar-refractivity contribution in [2.75, 3.05) is 7.05 Å². The summed E-state index contributed by atoms with van der Waals surface area (Å²) in [6, 6.07) is 0.761. The van der Waals surface area contributed by atoms with Gasteiger partial charge in [-0.1, -0.05) is 12.8 Å². The molecule has 3 heteroatoms. The van der Waals surface area contributed by atoms with E-state index in [2.05, 4.69) is 16.9 Å². The van der Waals surface area contributed by atoms with E-state index in [0.717, 1.165) is 18.3 Å². The average molecular weight is 180 g/mol. The Morgan fingerprint density at radius 1 is 1.54 bits per heavy atom. The van der Waals surface area contributed by atoms with Crippen molar-refractivity contribution in [2.24, 2.45) is 0 Å².